The third-order valence-corrected chi connectivity index (χ3v) is 2.44. The van der Waals surface area contributed by atoms with Gasteiger partial charge in [-0.25, -0.2) is 5.10 Å². The first kappa shape index (κ1) is 7.61. The molecule has 0 unspecified atom stereocenters. The van der Waals surface area contributed by atoms with E-state index >= 15 is 0 Å². The number of H-pyrrole nitrogens is 1. The van der Waals surface area contributed by atoms with Crippen molar-refractivity contribution < 1.29 is 4.52 Å². The smallest absolute Gasteiger partial charge is 0.230 e. The van der Waals surface area contributed by atoms with Crippen LogP contribution in [0.4, 0.5) is 0 Å². The van der Waals surface area contributed by atoms with Gasteiger partial charge in [0, 0.05) is 19.2 Å². The highest BCUT2D eigenvalue weighted by Gasteiger charge is 2.10. The lowest BCUT2D eigenvalue weighted by Gasteiger charge is -1.92. The first-order chi connectivity index (χ1) is 5.81. The molecular formula is C8H10N3S+. The Morgan fingerprint density at radius 2 is 2.42 bits per heavy atom. The van der Waals surface area contributed by atoms with E-state index in [-0.39, 0.29) is 0 Å². The van der Waals surface area contributed by atoms with E-state index in [1.54, 1.807) is 11.8 Å². The Kier molecular flexibility index (Phi) is 1.77. The van der Waals surface area contributed by atoms with Crippen molar-refractivity contribution in [3.63, 3.8) is 0 Å². The van der Waals surface area contributed by atoms with Gasteiger partial charge in [-0.05, 0) is 11.2 Å². The number of hydrogen-bond acceptors (Lipinski definition) is 2. The van der Waals surface area contributed by atoms with Crippen molar-refractivity contribution in [3.05, 3.63) is 24.0 Å². The number of rotatable bonds is 1. The molecule has 1 N–H and O–H groups in total. The summed E-state index contributed by atoms with van der Waals surface area (Å²) >= 11 is 1.71. The van der Waals surface area contributed by atoms with Gasteiger partial charge in [0.2, 0.25) is 0 Å². The predicted octanol–water partition coefficient (Wildman–Crippen LogP) is 1.18. The zero-order chi connectivity index (χ0) is 8.55. The normalized spacial score (nSPS) is 10.8. The maximum absolute atomic E-state index is 4.36. The molecule has 62 valence electrons. The van der Waals surface area contributed by atoms with Gasteiger partial charge in [-0.2, -0.15) is 0 Å². The Balaban J connectivity index is 2.80. The highest BCUT2D eigenvalue weighted by Crippen LogP contribution is 2.10. The Morgan fingerprint density at radius 3 is 3.17 bits per heavy atom. The Hall–Kier alpha value is -1.03. The number of aromatic nitrogens is 3. The number of aromatic amines is 1. The third-order valence-electron chi connectivity index (χ3n) is 1.72. The van der Waals surface area contributed by atoms with Crippen LogP contribution in [0, 0.1) is 6.92 Å². The molecule has 0 bridgehead atoms. The molecule has 3 nitrogen and oxygen atoms in total. The van der Waals surface area contributed by atoms with E-state index in [1.165, 1.54) is 5.03 Å². The third kappa shape index (κ3) is 1.08. The van der Waals surface area contributed by atoms with E-state index in [9.17, 15) is 0 Å². The fourth-order valence-corrected chi connectivity index (χ4v) is 1.81. The monoisotopic (exact) mass is 180 g/mol. The fraction of sp³-hybridized carbons (Fsp3) is 0.250. The molecule has 0 amide bonds. The van der Waals surface area contributed by atoms with Crippen LogP contribution < -0.4 is 4.52 Å². The topological polar surface area (TPSA) is 32.8 Å². The Morgan fingerprint density at radius 1 is 1.58 bits per heavy atom. The molecule has 2 aromatic rings. The number of nitrogens with zero attached hydrogens (tertiary/aromatic N) is 2. The van der Waals surface area contributed by atoms with Crippen molar-refractivity contribution in [1.82, 2.24) is 10.1 Å². The van der Waals surface area contributed by atoms with Gasteiger partial charge in [-0.15, -0.1) is 4.52 Å². The molecule has 4 heteroatoms. The van der Waals surface area contributed by atoms with Crippen LogP contribution in [-0.2, 0) is 0 Å². The van der Waals surface area contributed by atoms with E-state index < -0.39 is 0 Å². The molecule has 0 radical (unpaired) electrons. The van der Waals surface area contributed by atoms with Crippen molar-refractivity contribution in [2.24, 2.45) is 0 Å². The summed E-state index contributed by atoms with van der Waals surface area (Å²) in [5, 5.41) is 4.28. The molecule has 0 saturated heterocycles. The van der Waals surface area contributed by atoms with Gasteiger partial charge < -0.3 is 0 Å². The van der Waals surface area contributed by atoms with Crippen LogP contribution in [0.25, 0.3) is 5.65 Å². The van der Waals surface area contributed by atoms with E-state index in [1.807, 2.05) is 23.7 Å². The number of aryl methyl sites for hydroxylation is 1. The molecule has 0 fully saturated rings. The van der Waals surface area contributed by atoms with E-state index in [0.717, 1.165) is 11.3 Å². The second kappa shape index (κ2) is 2.79. The number of fused-ring (bicyclic) bond motifs is 1. The first-order valence-corrected chi connectivity index (χ1v) is 4.94. The molecule has 0 aliphatic carbocycles. The molecule has 0 aliphatic heterocycles. The summed E-state index contributed by atoms with van der Waals surface area (Å²) in [5.74, 6) is 0. The molecule has 2 rings (SSSR count). The lowest BCUT2D eigenvalue weighted by atomic mass is 10.4. The van der Waals surface area contributed by atoms with Crippen LogP contribution >= 0.6 is 11.8 Å². The minimum absolute atomic E-state index is 0.972. The zero-order valence-corrected chi connectivity index (χ0v) is 7.85. The summed E-state index contributed by atoms with van der Waals surface area (Å²) in [6.07, 6.45) is 3.95. The second-order valence-corrected chi connectivity index (χ2v) is 3.42. The number of hydrogen-bond donors (Lipinski definition) is 1. The molecule has 2 heterocycles. The molecule has 2 aromatic heterocycles. The quantitative estimate of drug-likeness (QED) is 0.406. The number of thioether (sulfide) groups is 1. The van der Waals surface area contributed by atoms with Crippen LogP contribution in [0.2, 0.25) is 0 Å². The second-order valence-electron chi connectivity index (χ2n) is 2.60. The fourth-order valence-electron chi connectivity index (χ4n) is 1.20. The summed E-state index contributed by atoms with van der Waals surface area (Å²) in [5.41, 5.74) is 2.03. The van der Waals surface area contributed by atoms with Gasteiger partial charge >= 0.3 is 5.65 Å². The van der Waals surface area contributed by atoms with Crippen LogP contribution in [0.3, 0.4) is 0 Å². The van der Waals surface area contributed by atoms with Crippen molar-refractivity contribution in [3.8, 4) is 0 Å². The van der Waals surface area contributed by atoms with Crippen molar-refractivity contribution in [2.75, 3.05) is 6.26 Å². The molecule has 0 saturated carbocycles. The van der Waals surface area contributed by atoms with Gasteiger partial charge in [0.15, 0.2) is 10.7 Å². The molecule has 0 aromatic carbocycles. The molecule has 0 atom stereocenters. The van der Waals surface area contributed by atoms with Crippen molar-refractivity contribution >= 4 is 17.4 Å². The highest BCUT2D eigenvalue weighted by molar-refractivity contribution is 7.98. The zero-order valence-electron chi connectivity index (χ0n) is 7.03. The van der Waals surface area contributed by atoms with Crippen molar-refractivity contribution in [1.29, 1.82) is 0 Å². The van der Waals surface area contributed by atoms with Crippen LogP contribution in [0.5, 0.6) is 0 Å². The maximum Gasteiger partial charge on any atom is 0.349 e. The largest absolute Gasteiger partial charge is 0.349 e. The summed E-state index contributed by atoms with van der Waals surface area (Å²) in [6, 6.07) is 4.03. The summed E-state index contributed by atoms with van der Waals surface area (Å²) in [4.78, 5) is 4.36. The first-order valence-electron chi connectivity index (χ1n) is 3.72. The van der Waals surface area contributed by atoms with E-state index in [0.29, 0.717) is 0 Å². The Labute approximate surface area is 74.8 Å². The summed E-state index contributed by atoms with van der Waals surface area (Å²) < 4.78 is 1.97. The maximum atomic E-state index is 4.36. The minimum Gasteiger partial charge on any atom is -0.230 e. The van der Waals surface area contributed by atoms with Gasteiger partial charge in [0.25, 0.3) is 0 Å². The highest BCUT2D eigenvalue weighted by atomic mass is 32.2. The average molecular weight is 180 g/mol. The lowest BCUT2D eigenvalue weighted by molar-refractivity contribution is -0.619. The van der Waals surface area contributed by atoms with Crippen LogP contribution in [0.15, 0.2) is 23.4 Å². The minimum atomic E-state index is 0.972. The molecule has 0 aliphatic rings. The van der Waals surface area contributed by atoms with E-state index in [2.05, 4.69) is 22.4 Å². The summed E-state index contributed by atoms with van der Waals surface area (Å²) in [6.45, 7) is 2.01. The van der Waals surface area contributed by atoms with Gasteiger partial charge in [0.1, 0.15) is 0 Å². The van der Waals surface area contributed by atoms with Gasteiger partial charge in [0.05, 0.1) is 6.07 Å². The summed E-state index contributed by atoms with van der Waals surface area (Å²) in [7, 11) is 0. The number of nitrogens with one attached hydrogen (secondary N) is 1. The SMILES string of the molecule is CSc1cc(C)nc2cc[nH][n+]12. The standard InChI is InChI=1S/C8H9N3S/c1-6-5-8(12-2)11-7(10-6)3-4-9-11/h3-5H,1-2H3/p+1. The average Bonchev–Trinajstić information content (AvgIpc) is 2.50. The van der Waals surface area contributed by atoms with Crippen LogP contribution in [-0.4, -0.2) is 16.3 Å². The van der Waals surface area contributed by atoms with Gasteiger partial charge in [-0.1, -0.05) is 11.8 Å². The van der Waals surface area contributed by atoms with Crippen LogP contribution in [0.1, 0.15) is 5.69 Å². The van der Waals surface area contributed by atoms with E-state index in [4.69, 9.17) is 0 Å². The van der Waals surface area contributed by atoms with Crippen molar-refractivity contribution in [2.45, 2.75) is 11.9 Å². The molecule has 12 heavy (non-hydrogen) atoms. The predicted molar refractivity (Wildman–Crippen MR) is 48.3 cm³/mol. The van der Waals surface area contributed by atoms with Gasteiger partial charge in [-0.3, -0.25) is 0 Å². The lowest BCUT2D eigenvalue weighted by Crippen LogP contribution is -2.27. The Bertz CT molecular complexity index is 408. The molecule has 0 spiro atoms. The molecular weight excluding hydrogens is 170 g/mol.